The van der Waals surface area contributed by atoms with Crippen LogP contribution in [-0.2, 0) is 24.1 Å². The van der Waals surface area contributed by atoms with Crippen molar-refractivity contribution in [3.8, 4) is 11.5 Å². The first kappa shape index (κ1) is 15.3. The first-order valence-electron chi connectivity index (χ1n) is 8.11. The fourth-order valence-corrected chi connectivity index (χ4v) is 3.62. The van der Waals surface area contributed by atoms with E-state index in [0.717, 1.165) is 52.3 Å². The van der Waals surface area contributed by atoms with Crippen LogP contribution < -0.4 is 14.8 Å². The minimum absolute atomic E-state index is 0.0570. The van der Waals surface area contributed by atoms with E-state index in [2.05, 4.69) is 11.4 Å². The number of hydrogen-bond donors (Lipinski definition) is 1. The second kappa shape index (κ2) is 6.02. The number of ether oxygens (including phenoxy) is 2. The highest BCUT2D eigenvalue weighted by atomic mass is 35.5. The van der Waals surface area contributed by atoms with Crippen molar-refractivity contribution in [2.24, 2.45) is 0 Å². The maximum atomic E-state index is 12.6. The summed E-state index contributed by atoms with van der Waals surface area (Å²) in [7, 11) is 0. The molecule has 2 aromatic carbocycles. The Labute approximate surface area is 145 Å². The van der Waals surface area contributed by atoms with Gasteiger partial charge < -0.3 is 14.8 Å². The largest absolute Gasteiger partial charge is 0.493 e. The quantitative estimate of drug-likeness (QED) is 0.924. The van der Waals surface area contributed by atoms with Crippen LogP contribution in [0, 0.1) is 6.92 Å². The normalized spacial score (nSPS) is 14.6. The molecular formula is C19H18ClNO3. The van der Waals surface area contributed by atoms with E-state index in [1.165, 1.54) is 0 Å². The van der Waals surface area contributed by atoms with E-state index in [1.54, 1.807) is 6.07 Å². The number of fused-ring (bicyclic) bond motifs is 2. The van der Waals surface area contributed by atoms with Crippen molar-refractivity contribution in [2.45, 2.75) is 26.2 Å². The highest BCUT2D eigenvalue weighted by molar-refractivity contribution is 6.30. The molecule has 0 aliphatic carbocycles. The van der Waals surface area contributed by atoms with Gasteiger partial charge in [-0.15, -0.1) is 0 Å². The molecule has 124 valence electrons. The van der Waals surface area contributed by atoms with Crippen molar-refractivity contribution in [3.05, 3.63) is 51.5 Å². The molecule has 1 amide bonds. The summed E-state index contributed by atoms with van der Waals surface area (Å²) in [6.45, 7) is 3.27. The lowest BCUT2D eigenvalue weighted by Crippen LogP contribution is -2.16. The van der Waals surface area contributed by atoms with E-state index < -0.39 is 0 Å². The van der Waals surface area contributed by atoms with E-state index in [-0.39, 0.29) is 12.3 Å². The van der Waals surface area contributed by atoms with Crippen LogP contribution in [0.1, 0.15) is 22.3 Å². The van der Waals surface area contributed by atoms with Crippen LogP contribution in [0.4, 0.5) is 5.69 Å². The third-order valence-electron chi connectivity index (χ3n) is 4.56. The van der Waals surface area contributed by atoms with Crippen molar-refractivity contribution in [3.63, 3.8) is 0 Å². The van der Waals surface area contributed by atoms with Gasteiger partial charge in [-0.05, 0) is 36.8 Å². The minimum atomic E-state index is -0.0570. The number of halogens is 1. The van der Waals surface area contributed by atoms with Crippen LogP contribution in [0.15, 0.2) is 24.3 Å². The van der Waals surface area contributed by atoms with Crippen molar-refractivity contribution in [1.82, 2.24) is 0 Å². The lowest BCUT2D eigenvalue weighted by Gasteiger charge is -2.14. The SMILES string of the molecule is Cc1cc(Cl)ccc1NC(=O)Cc1c2c(cc3c1OCC3)OCC2. The number of amides is 1. The highest BCUT2D eigenvalue weighted by Gasteiger charge is 2.27. The Hall–Kier alpha value is -2.20. The molecule has 4 rings (SSSR count). The van der Waals surface area contributed by atoms with Crippen molar-refractivity contribution >= 4 is 23.2 Å². The van der Waals surface area contributed by atoms with Crippen LogP contribution in [0.5, 0.6) is 11.5 Å². The minimum Gasteiger partial charge on any atom is -0.493 e. The zero-order valence-electron chi connectivity index (χ0n) is 13.4. The van der Waals surface area contributed by atoms with Gasteiger partial charge in [0.1, 0.15) is 11.5 Å². The fourth-order valence-electron chi connectivity index (χ4n) is 3.39. The number of nitrogens with one attached hydrogen (secondary N) is 1. The van der Waals surface area contributed by atoms with Gasteiger partial charge in [-0.1, -0.05) is 11.6 Å². The summed E-state index contributed by atoms with van der Waals surface area (Å²) in [5, 5.41) is 3.64. The molecule has 0 bridgehead atoms. The molecule has 5 heteroatoms. The zero-order chi connectivity index (χ0) is 16.7. The van der Waals surface area contributed by atoms with Gasteiger partial charge in [0.05, 0.1) is 19.6 Å². The maximum absolute atomic E-state index is 12.6. The topological polar surface area (TPSA) is 47.6 Å². The first-order chi connectivity index (χ1) is 11.6. The molecule has 0 unspecified atom stereocenters. The Morgan fingerprint density at radius 1 is 1.21 bits per heavy atom. The summed E-state index contributed by atoms with van der Waals surface area (Å²) >= 11 is 5.97. The van der Waals surface area contributed by atoms with Crippen molar-refractivity contribution in [1.29, 1.82) is 0 Å². The van der Waals surface area contributed by atoms with E-state index in [4.69, 9.17) is 21.1 Å². The summed E-state index contributed by atoms with van der Waals surface area (Å²) in [6, 6.07) is 7.51. The molecule has 0 spiro atoms. The molecule has 2 aliphatic rings. The number of anilines is 1. The second-order valence-corrected chi connectivity index (χ2v) is 6.64. The van der Waals surface area contributed by atoms with Crippen LogP contribution >= 0.6 is 11.6 Å². The van der Waals surface area contributed by atoms with Gasteiger partial charge in [-0.3, -0.25) is 4.79 Å². The Morgan fingerprint density at radius 2 is 2.04 bits per heavy atom. The molecule has 0 saturated heterocycles. The molecule has 2 heterocycles. The van der Waals surface area contributed by atoms with Crippen LogP contribution in [-0.4, -0.2) is 19.1 Å². The molecule has 4 nitrogen and oxygen atoms in total. The number of benzene rings is 2. The van der Waals surface area contributed by atoms with Crippen molar-refractivity contribution < 1.29 is 14.3 Å². The Bertz CT molecular complexity index is 800. The summed E-state index contributed by atoms with van der Waals surface area (Å²) in [4.78, 5) is 12.6. The molecule has 0 fully saturated rings. The van der Waals surface area contributed by atoms with Gasteiger partial charge in [-0.2, -0.15) is 0 Å². The predicted molar refractivity (Wildman–Crippen MR) is 93.4 cm³/mol. The molecule has 0 radical (unpaired) electrons. The average molecular weight is 344 g/mol. The lowest BCUT2D eigenvalue weighted by molar-refractivity contribution is -0.115. The van der Waals surface area contributed by atoms with Gasteiger partial charge in [0, 0.05) is 40.2 Å². The highest BCUT2D eigenvalue weighted by Crippen LogP contribution is 2.40. The molecule has 0 aromatic heterocycles. The zero-order valence-corrected chi connectivity index (χ0v) is 14.2. The summed E-state index contributed by atoms with van der Waals surface area (Å²) in [5.74, 6) is 1.73. The standard InChI is InChI=1S/C19H18ClNO3/c1-11-8-13(20)2-3-16(11)21-18(22)10-15-14-5-7-23-17(14)9-12-4-6-24-19(12)15/h2-3,8-9H,4-7,10H2,1H3,(H,21,22). The smallest absolute Gasteiger partial charge is 0.228 e. The third kappa shape index (κ3) is 2.71. The summed E-state index contributed by atoms with van der Waals surface area (Å²) < 4.78 is 11.5. The predicted octanol–water partition coefficient (Wildman–Crippen LogP) is 3.70. The first-order valence-corrected chi connectivity index (χ1v) is 8.49. The number of carbonyl (C=O) groups excluding carboxylic acids is 1. The van der Waals surface area contributed by atoms with E-state index >= 15 is 0 Å². The average Bonchev–Trinajstić information content (AvgIpc) is 3.18. The maximum Gasteiger partial charge on any atom is 0.228 e. The molecule has 0 atom stereocenters. The van der Waals surface area contributed by atoms with Gasteiger partial charge in [-0.25, -0.2) is 0 Å². The number of rotatable bonds is 3. The Kier molecular flexibility index (Phi) is 3.85. The molecule has 0 saturated carbocycles. The Morgan fingerprint density at radius 3 is 2.88 bits per heavy atom. The van der Waals surface area contributed by atoms with E-state index in [1.807, 2.05) is 19.1 Å². The van der Waals surface area contributed by atoms with Crippen molar-refractivity contribution in [2.75, 3.05) is 18.5 Å². The Balaban J connectivity index is 1.60. The molecule has 2 aliphatic heterocycles. The van der Waals surface area contributed by atoms with E-state index in [9.17, 15) is 4.79 Å². The van der Waals surface area contributed by atoms with Gasteiger partial charge >= 0.3 is 0 Å². The molecule has 24 heavy (non-hydrogen) atoms. The van der Waals surface area contributed by atoms with Crippen LogP contribution in [0.3, 0.4) is 0 Å². The van der Waals surface area contributed by atoms with E-state index in [0.29, 0.717) is 18.2 Å². The van der Waals surface area contributed by atoms with Crippen LogP contribution in [0.25, 0.3) is 0 Å². The van der Waals surface area contributed by atoms with Crippen LogP contribution in [0.2, 0.25) is 5.02 Å². The number of hydrogen-bond acceptors (Lipinski definition) is 3. The number of aryl methyl sites for hydroxylation is 1. The van der Waals surface area contributed by atoms with Gasteiger partial charge in [0.15, 0.2) is 0 Å². The molecule has 1 N–H and O–H groups in total. The second-order valence-electron chi connectivity index (χ2n) is 6.20. The molecule has 2 aromatic rings. The molecular weight excluding hydrogens is 326 g/mol. The third-order valence-corrected chi connectivity index (χ3v) is 4.80. The number of carbonyl (C=O) groups is 1. The van der Waals surface area contributed by atoms with Gasteiger partial charge in [0.25, 0.3) is 0 Å². The monoisotopic (exact) mass is 343 g/mol. The summed E-state index contributed by atoms with van der Waals surface area (Å²) in [5.41, 5.74) is 4.95. The summed E-state index contributed by atoms with van der Waals surface area (Å²) in [6.07, 6.45) is 1.99. The fraction of sp³-hybridized carbons (Fsp3) is 0.316. The lowest BCUT2D eigenvalue weighted by atomic mass is 9.97. The van der Waals surface area contributed by atoms with Gasteiger partial charge in [0.2, 0.25) is 5.91 Å².